The summed E-state index contributed by atoms with van der Waals surface area (Å²) >= 11 is 0. The van der Waals surface area contributed by atoms with E-state index in [1.807, 2.05) is 56.3 Å². The second kappa shape index (κ2) is 9.14. The van der Waals surface area contributed by atoms with Crippen LogP contribution in [0.15, 0.2) is 48.5 Å². The van der Waals surface area contributed by atoms with E-state index in [0.717, 1.165) is 16.7 Å². The van der Waals surface area contributed by atoms with Crippen LogP contribution in [0.2, 0.25) is 0 Å². The standard InChI is InChI=1S/C21H25NO3/c1-15-8-9-18(14-16(15)2)19(23)10-11-21(25)22-13-12-20(24)17-6-4-3-5-7-17/h3-9,14,20,24H,10-13H2,1-2H3,(H,22,25). The monoisotopic (exact) mass is 339 g/mol. The zero-order valence-corrected chi connectivity index (χ0v) is 14.8. The maximum atomic E-state index is 12.2. The summed E-state index contributed by atoms with van der Waals surface area (Å²) in [6.45, 7) is 4.35. The smallest absolute Gasteiger partial charge is 0.220 e. The van der Waals surface area contributed by atoms with Crippen LogP contribution in [0.4, 0.5) is 0 Å². The quantitative estimate of drug-likeness (QED) is 0.723. The number of Topliss-reactive ketones (excluding diaryl/α,β-unsaturated/α-hetero) is 1. The number of nitrogens with one attached hydrogen (secondary N) is 1. The minimum Gasteiger partial charge on any atom is -0.388 e. The Kier molecular flexibility index (Phi) is 6.90. The molecule has 0 heterocycles. The molecule has 0 saturated heterocycles. The van der Waals surface area contributed by atoms with Crippen LogP contribution in [0.5, 0.6) is 0 Å². The lowest BCUT2D eigenvalue weighted by Gasteiger charge is -2.11. The molecule has 0 bridgehead atoms. The molecule has 0 aliphatic rings. The van der Waals surface area contributed by atoms with Crippen LogP contribution in [-0.2, 0) is 4.79 Å². The number of benzene rings is 2. The molecule has 0 radical (unpaired) electrons. The second-order valence-corrected chi connectivity index (χ2v) is 6.29. The molecule has 132 valence electrons. The van der Waals surface area contributed by atoms with Gasteiger partial charge in [0.05, 0.1) is 6.10 Å². The molecule has 0 saturated carbocycles. The molecule has 4 nitrogen and oxygen atoms in total. The number of carbonyl (C=O) groups is 2. The van der Waals surface area contributed by atoms with Crippen molar-refractivity contribution in [2.75, 3.05) is 6.54 Å². The van der Waals surface area contributed by atoms with Crippen molar-refractivity contribution in [3.63, 3.8) is 0 Å². The zero-order valence-electron chi connectivity index (χ0n) is 14.8. The Hall–Kier alpha value is -2.46. The van der Waals surface area contributed by atoms with Crippen molar-refractivity contribution >= 4 is 11.7 Å². The number of hydrogen-bond acceptors (Lipinski definition) is 3. The first-order valence-electron chi connectivity index (χ1n) is 8.57. The molecular weight excluding hydrogens is 314 g/mol. The van der Waals surface area contributed by atoms with Gasteiger partial charge in [-0.05, 0) is 43.0 Å². The van der Waals surface area contributed by atoms with Gasteiger partial charge in [0.15, 0.2) is 5.78 Å². The molecule has 0 spiro atoms. The summed E-state index contributed by atoms with van der Waals surface area (Å²) < 4.78 is 0. The number of aryl methyl sites for hydroxylation is 2. The van der Waals surface area contributed by atoms with Crippen LogP contribution in [0.1, 0.15) is 52.4 Å². The average molecular weight is 339 g/mol. The summed E-state index contributed by atoms with van der Waals surface area (Å²) in [5.41, 5.74) is 3.70. The first kappa shape index (κ1) is 18.9. The number of rotatable bonds is 8. The minimum absolute atomic E-state index is 0.0254. The van der Waals surface area contributed by atoms with Crippen molar-refractivity contribution in [1.29, 1.82) is 0 Å². The van der Waals surface area contributed by atoms with Gasteiger partial charge < -0.3 is 10.4 Å². The van der Waals surface area contributed by atoms with Crippen molar-refractivity contribution < 1.29 is 14.7 Å². The highest BCUT2D eigenvalue weighted by molar-refractivity contribution is 5.98. The number of aliphatic hydroxyl groups is 1. The third-order valence-corrected chi connectivity index (χ3v) is 4.33. The van der Waals surface area contributed by atoms with Crippen LogP contribution in [0.3, 0.4) is 0 Å². The van der Waals surface area contributed by atoms with Crippen LogP contribution in [0.25, 0.3) is 0 Å². The Morgan fingerprint density at radius 1 is 1.00 bits per heavy atom. The number of carbonyl (C=O) groups excluding carboxylic acids is 2. The fourth-order valence-electron chi connectivity index (χ4n) is 2.56. The zero-order chi connectivity index (χ0) is 18.2. The largest absolute Gasteiger partial charge is 0.388 e. The van der Waals surface area contributed by atoms with Gasteiger partial charge >= 0.3 is 0 Å². The highest BCUT2D eigenvalue weighted by Gasteiger charge is 2.11. The highest BCUT2D eigenvalue weighted by Crippen LogP contribution is 2.15. The van der Waals surface area contributed by atoms with Crippen molar-refractivity contribution in [3.05, 3.63) is 70.8 Å². The number of ketones is 1. The summed E-state index contributed by atoms with van der Waals surface area (Å²) in [6, 6.07) is 14.9. The van der Waals surface area contributed by atoms with Crippen molar-refractivity contribution in [1.82, 2.24) is 5.32 Å². The first-order valence-corrected chi connectivity index (χ1v) is 8.57. The predicted molar refractivity (Wildman–Crippen MR) is 98.5 cm³/mol. The number of amides is 1. The van der Waals surface area contributed by atoms with Crippen molar-refractivity contribution in [2.45, 2.75) is 39.2 Å². The van der Waals surface area contributed by atoms with E-state index in [0.29, 0.717) is 18.5 Å². The molecule has 0 aliphatic heterocycles. The number of aliphatic hydroxyl groups excluding tert-OH is 1. The van der Waals surface area contributed by atoms with E-state index in [1.165, 1.54) is 0 Å². The number of hydrogen-bond donors (Lipinski definition) is 2. The normalized spacial score (nSPS) is 11.8. The molecule has 1 unspecified atom stereocenters. The molecule has 2 N–H and O–H groups in total. The average Bonchev–Trinajstić information content (AvgIpc) is 2.62. The van der Waals surface area contributed by atoms with Gasteiger partial charge in [0.25, 0.3) is 0 Å². The first-order chi connectivity index (χ1) is 12.0. The van der Waals surface area contributed by atoms with Gasteiger partial charge in [-0.3, -0.25) is 9.59 Å². The van der Waals surface area contributed by atoms with E-state index in [1.54, 1.807) is 6.07 Å². The van der Waals surface area contributed by atoms with E-state index >= 15 is 0 Å². The molecule has 0 fully saturated rings. The molecule has 1 amide bonds. The van der Waals surface area contributed by atoms with E-state index in [2.05, 4.69) is 5.32 Å². The lowest BCUT2D eigenvalue weighted by Crippen LogP contribution is -2.26. The Morgan fingerprint density at radius 2 is 1.72 bits per heavy atom. The van der Waals surface area contributed by atoms with E-state index in [4.69, 9.17) is 0 Å². The van der Waals surface area contributed by atoms with Crippen LogP contribution >= 0.6 is 0 Å². The lowest BCUT2D eigenvalue weighted by molar-refractivity contribution is -0.121. The van der Waals surface area contributed by atoms with Crippen molar-refractivity contribution in [2.24, 2.45) is 0 Å². The molecule has 0 aromatic heterocycles. The molecule has 0 aliphatic carbocycles. The molecule has 25 heavy (non-hydrogen) atoms. The Balaban J connectivity index is 1.71. The van der Waals surface area contributed by atoms with Gasteiger partial charge in [0, 0.05) is 24.9 Å². The third kappa shape index (κ3) is 5.84. The maximum absolute atomic E-state index is 12.2. The summed E-state index contributed by atoms with van der Waals surface area (Å²) in [7, 11) is 0. The van der Waals surface area contributed by atoms with E-state index in [-0.39, 0.29) is 24.5 Å². The third-order valence-electron chi connectivity index (χ3n) is 4.33. The molecule has 2 rings (SSSR count). The van der Waals surface area contributed by atoms with E-state index in [9.17, 15) is 14.7 Å². The van der Waals surface area contributed by atoms with Gasteiger partial charge in [0.1, 0.15) is 0 Å². The molecule has 1 atom stereocenters. The fraction of sp³-hybridized carbons (Fsp3) is 0.333. The highest BCUT2D eigenvalue weighted by atomic mass is 16.3. The summed E-state index contributed by atoms with van der Waals surface area (Å²) in [5.74, 6) is -0.194. The minimum atomic E-state index is -0.598. The van der Waals surface area contributed by atoms with Crippen molar-refractivity contribution in [3.8, 4) is 0 Å². The summed E-state index contributed by atoms with van der Waals surface area (Å²) in [4.78, 5) is 24.0. The predicted octanol–water partition coefficient (Wildman–Crippen LogP) is 3.51. The van der Waals surface area contributed by atoms with Crippen LogP contribution in [0, 0.1) is 13.8 Å². The van der Waals surface area contributed by atoms with Crippen LogP contribution < -0.4 is 5.32 Å². The molecule has 2 aromatic carbocycles. The molecular formula is C21H25NO3. The Morgan fingerprint density at radius 3 is 2.40 bits per heavy atom. The topological polar surface area (TPSA) is 66.4 Å². The SMILES string of the molecule is Cc1ccc(C(=O)CCC(=O)NCCC(O)c2ccccc2)cc1C. The van der Waals surface area contributed by atoms with Crippen LogP contribution in [-0.4, -0.2) is 23.3 Å². The van der Waals surface area contributed by atoms with Gasteiger partial charge in [-0.2, -0.15) is 0 Å². The maximum Gasteiger partial charge on any atom is 0.220 e. The van der Waals surface area contributed by atoms with Gasteiger partial charge in [-0.1, -0.05) is 42.5 Å². The van der Waals surface area contributed by atoms with E-state index < -0.39 is 6.10 Å². The second-order valence-electron chi connectivity index (χ2n) is 6.29. The summed E-state index contributed by atoms with van der Waals surface area (Å²) in [5, 5.41) is 12.8. The fourth-order valence-corrected chi connectivity index (χ4v) is 2.56. The molecule has 2 aromatic rings. The van der Waals surface area contributed by atoms with Gasteiger partial charge in [-0.25, -0.2) is 0 Å². The Bertz CT molecular complexity index is 725. The Labute approximate surface area is 148 Å². The van der Waals surface area contributed by atoms with Gasteiger partial charge in [-0.15, -0.1) is 0 Å². The summed E-state index contributed by atoms with van der Waals surface area (Å²) in [6.07, 6.45) is 0.197. The van der Waals surface area contributed by atoms with Gasteiger partial charge in [0.2, 0.25) is 5.91 Å². The lowest BCUT2D eigenvalue weighted by atomic mass is 10.0. The molecule has 4 heteroatoms.